The molecule has 124 valence electrons. The number of hydrogen-bond acceptors (Lipinski definition) is 2. The largest absolute Gasteiger partial charge is 0.384 e. The molecule has 0 aromatic heterocycles. The van der Waals surface area contributed by atoms with Crippen LogP contribution < -0.4 is 10.6 Å². The SMILES string of the molecule is C=C/C(=C\CC)CCC(=C)NC(CNC)CC(/C=C\C)=C/C. The number of rotatable bonds is 12. The first-order valence-electron chi connectivity index (χ1n) is 8.29. The van der Waals surface area contributed by atoms with Gasteiger partial charge in [-0.05, 0) is 46.6 Å². The van der Waals surface area contributed by atoms with Gasteiger partial charge in [0.2, 0.25) is 0 Å². The quantitative estimate of drug-likeness (QED) is 0.501. The van der Waals surface area contributed by atoms with Gasteiger partial charge in [-0.1, -0.05) is 61.6 Å². The lowest BCUT2D eigenvalue weighted by Crippen LogP contribution is -2.37. The van der Waals surface area contributed by atoms with Crippen LogP contribution in [0.2, 0.25) is 0 Å². The molecule has 0 aliphatic carbocycles. The van der Waals surface area contributed by atoms with Gasteiger partial charge in [-0.25, -0.2) is 0 Å². The van der Waals surface area contributed by atoms with Gasteiger partial charge in [0.25, 0.3) is 0 Å². The first-order valence-corrected chi connectivity index (χ1v) is 8.29. The smallest absolute Gasteiger partial charge is 0.0422 e. The van der Waals surface area contributed by atoms with Crippen molar-refractivity contribution in [3.8, 4) is 0 Å². The Morgan fingerprint density at radius 3 is 2.41 bits per heavy atom. The highest BCUT2D eigenvalue weighted by Gasteiger charge is 2.09. The molecule has 0 bridgehead atoms. The molecule has 1 unspecified atom stereocenters. The normalized spacial score (nSPS) is 14.2. The molecule has 2 heteroatoms. The van der Waals surface area contributed by atoms with Crippen LogP contribution in [-0.2, 0) is 0 Å². The fourth-order valence-corrected chi connectivity index (χ4v) is 2.41. The highest BCUT2D eigenvalue weighted by molar-refractivity contribution is 5.20. The summed E-state index contributed by atoms with van der Waals surface area (Å²) in [6.45, 7) is 15.3. The van der Waals surface area contributed by atoms with Gasteiger partial charge in [0.1, 0.15) is 0 Å². The number of likely N-dealkylation sites (N-methyl/N-ethyl adjacent to an activating group) is 1. The molecule has 0 saturated heterocycles. The second-order valence-corrected chi connectivity index (χ2v) is 5.46. The molecular formula is C20H34N2. The zero-order chi connectivity index (χ0) is 16.8. The van der Waals surface area contributed by atoms with Crippen molar-refractivity contribution in [1.82, 2.24) is 10.6 Å². The van der Waals surface area contributed by atoms with Crippen molar-refractivity contribution in [3.05, 3.63) is 60.4 Å². The molecule has 0 spiro atoms. The van der Waals surface area contributed by atoms with E-state index in [9.17, 15) is 0 Å². The third-order valence-electron chi connectivity index (χ3n) is 3.54. The Hall–Kier alpha value is -1.54. The Balaban J connectivity index is 4.52. The van der Waals surface area contributed by atoms with Crippen molar-refractivity contribution in [2.45, 2.75) is 52.5 Å². The first kappa shape index (κ1) is 20.5. The number of nitrogens with one attached hydrogen (secondary N) is 2. The maximum Gasteiger partial charge on any atom is 0.0422 e. The molecule has 0 aromatic rings. The summed E-state index contributed by atoms with van der Waals surface area (Å²) in [4.78, 5) is 0. The van der Waals surface area contributed by atoms with Crippen LogP contribution in [0.5, 0.6) is 0 Å². The average Bonchev–Trinajstić information content (AvgIpc) is 2.51. The average molecular weight is 303 g/mol. The zero-order valence-corrected chi connectivity index (χ0v) is 14.9. The van der Waals surface area contributed by atoms with Crippen LogP contribution in [0.1, 0.15) is 46.5 Å². The van der Waals surface area contributed by atoms with E-state index in [-0.39, 0.29) is 0 Å². The van der Waals surface area contributed by atoms with E-state index in [0.717, 1.165) is 37.9 Å². The van der Waals surface area contributed by atoms with Gasteiger partial charge in [0, 0.05) is 18.3 Å². The van der Waals surface area contributed by atoms with Gasteiger partial charge in [-0.3, -0.25) is 0 Å². The maximum absolute atomic E-state index is 4.18. The van der Waals surface area contributed by atoms with Crippen LogP contribution in [0.4, 0.5) is 0 Å². The minimum absolute atomic E-state index is 0.363. The molecule has 0 aromatic carbocycles. The second-order valence-electron chi connectivity index (χ2n) is 5.46. The lowest BCUT2D eigenvalue weighted by atomic mass is 10.0. The molecule has 0 saturated carbocycles. The lowest BCUT2D eigenvalue weighted by molar-refractivity contribution is 0.524. The summed E-state index contributed by atoms with van der Waals surface area (Å²) < 4.78 is 0. The van der Waals surface area contributed by atoms with Crippen LogP contribution in [-0.4, -0.2) is 19.6 Å². The van der Waals surface area contributed by atoms with Crippen molar-refractivity contribution in [2.75, 3.05) is 13.6 Å². The summed E-state index contributed by atoms with van der Waals surface area (Å²) in [5, 5.41) is 6.83. The Labute approximate surface area is 137 Å². The maximum atomic E-state index is 4.18. The van der Waals surface area contributed by atoms with E-state index in [4.69, 9.17) is 0 Å². The molecule has 0 heterocycles. The van der Waals surface area contributed by atoms with Crippen LogP contribution in [0.15, 0.2) is 60.4 Å². The van der Waals surface area contributed by atoms with Crippen molar-refractivity contribution in [3.63, 3.8) is 0 Å². The van der Waals surface area contributed by atoms with Gasteiger partial charge >= 0.3 is 0 Å². The Kier molecular flexibility index (Phi) is 12.2. The zero-order valence-electron chi connectivity index (χ0n) is 14.9. The predicted octanol–water partition coefficient (Wildman–Crippen LogP) is 4.89. The third kappa shape index (κ3) is 9.41. The summed E-state index contributed by atoms with van der Waals surface area (Å²) in [6, 6.07) is 0.363. The molecule has 2 N–H and O–H groups in total. The van der Waals surface area contributed by atoms with Crippen molar-refractivity contribution >= 4 is 0 Å². The van der Waals surface area contributed by atoms with E-state index < -0.39 is 0 Å². The second kappa shape index (κ2) is 13.1. The van der Waals surface area contributed by atoms with Crippen LogP contribution in [0, 0.1) is 0 Å². The van der Waals surface area contributed by atoms with Crippen LogP contribution in [0.25, 0.3) is 0 Å². The van der Waals surface area contributed by atoms with Gasteiger partial charge in [0.05, 0.1) is 0 Å². The molecule has 0 aliphatic heterocycles. The Bertz CT molecular complexity index is 413. The van der Waals surface area contributed by atoms with E-state index >= 15 is 0 Å². The Morgan fingerprint density at radius 2 is 1.91 bits per heavy atom. The molecule has 0 fully saturated rings. The van der Waals surface area contributed by atoms with Crippen LogP contribution >= 0.6 is 0 Å². The van der Waals surface area contributed by atoms with Gasteiger partial charge in [-0.15, -0.1) is 0 Å². The molecular weight excluding hydrogens is 268 g/mol. The number of allylic oxidation sites excluding steroid dienone is 7. The fraction of sp³-hybridized carbons (Fsp3) is 0.500. The summed E-state index contributed by atoms with van der Waals surface area (Å²) >= 11 is 0. The summed E-state index contributed by atoms with van der Waals surface area (Å²) in [7, 11) is 1.99. The van der Waals surface area contributed by atoms with Crippen molar-refractivity contribution < 1.29 is 0 Å². The minimum Gasteiger partial charge on any atom is -0.384 e. The first-order chi connectivity index (χ1) is 10.6. The summed E-state index contributed by atoms with van der Waals surface area (Å²) in [5.74, 6) is 0. The van der Waals surface area contributed by atoms with E-state index in [1.54, 1.807) is 0 Å². The van der Waals surface area contributed by atoms with Gasteiger partial charge in [-0.2, -0.15) is 0 Å². The van der Waals surface area contributed by atoms with E-state index in [1.165, 1.54) is 11.1 Å². The predicted molar refractivity (Wildman–Crippen MR) is 101 cm³/mol. The monoisotopic (exact) mass is 302 g/mol. The van der Waals surface area contributed by atoms with Crippen molar-refractivity contribution in [2.24, 2.45) is 0 Å². The molecule has 22 heavy (non-hydrogen) atoms. The molecule has 0 amide bonds. The van der Waals surface area contributed by atoms with Gasteiger partial charge in [0.15, 0.2) is 0 Å². The van der Waals surface area contributed by atoms with E-state index in [0.29, 0.717) is 6.04 Å². The van der Waals surface area contributed by atoms with Crippen molar-refractivity contribution in [1.29, 1.82) is 0 Å². The van der Waals surface area contributed by atoms with E-state index in [1.807, 2.05) is 13.1 Å². The Morgan fingerprint density at radius 1 is 1.18 bits per heavy atom. The summed E-state index contributed by atoms with van der Waals surface area (Å²) in [6.07, 6.45) is 14.6. The molecule has 2 nitrogen and oxygen atoms in total. The molecule has 0 rings (SSSR count). The van der Waals surface area contributed by atoms with E-state index in [2.05, 4.69) is 68.9 Å². The standard InChI is InChI=1S/C20H34N2/c1-7-11-18(9-3)14-13-17(5)22-20(16-21-6)15-19(10-4)12-8-2/h8-12,20-22H,3,5,7,13-16H2,1-2,4,6H3/b12-8-,18-11+,19-10+. The highest BCUT2D eigenvalue weighted by Crippen LogP contribution is 2.13. The highest BCUT2D eigenvalue weighted by atomic mass is 15.0. The van der Waals surface area contributed by atoms with Gasteiger partial charge < -0.3 is 10.6 Å². The molecule has 0 radical (unpaired) electrons. The fourth-order valence-electron chi connectivity index (χ4n) is 2.41. The number of hydrogen-bond donors (Lipinski definition) is 2. The lowest BCUT2D eigenvalue weighted by Gasteiger charge is -2.22. The minimum atomic E-state index is 0.363. The third-order valence-corrected chi connectivity index (χ3v) is 3.54. The molecule has 1 atom stereocenters. The topological polar surface area (TPSA) is 24.1 Å². The molecule has 0 aliphatic rings. The summed E-state index contributed by atoms with van der Waals surface area (Å²) in [5.41, 5.74) is 3.75. The van der Waals surface area contributed by atoms with Crippen LogP contribution in [0.3, 0.4) is 0 Å².